The third-order valence-corrected chi connectivity index (χ3v) is 2.10. The molecule has 1 heterocycles. The summed E-state index contributed by atoms with van der Waals surface area (Å²) in [5, 5.41) is 1.32. The second kappa shape index (κ2) is 4.79. The number of nitrogens with one attached hydrogen (secondary N) is 1. The van der Waals surface area contributed by atoms with Gasteiger partial charge in [-0.05, 0) is 13.3 Å². The highest BCUT2D eigenvalue weighted by molar-refractivity contribution is 5.33. The van der Waals surface area contributed by atoms with Crippen molar-refractivity contribution < 1.29 is 0 Å². The monoisotopic (exact) mass is 212 g/mol. The number of rotatable bonds is 4. The lowest BCUT2D eigenvalue weighted by Gasteiger charge is -2.15. The van der Waals surface area contributed by atoms with E-state index >= 15 is 0 Å². The van der Waals surface area contributed by atoms with E-state index in [0.717, 1.165) is 11.0 Å². The van der Waals surface area contributed by atoms with Gasteiger partial charge in [-0.3, -0.25) is 19.4 Å². The zero-order chi connectivity index (χ0) is 11.4. The first kappa shape index (κ1) is 11.5. The minimum absolute atomic E-state index is 0.320. The van der Waals surface area contributed by atoms with Crippen LogP contribution < -0.4 is 22.1 Å². The lowest BCUT2D eigenvalue weighted by molar-refractivity contribution is 0.612. The van der Waals surface area contributed by atoms with Crippen LogP contribution in [0, 0.1) is 0 Å². The summed E-state index contributed by atoms with van der Waals surface area (Å²) < 4.78 is 1.16. The molecule has 6 heteroatoms. The van der Waals surface area contributed by atoms with Gasteiger partial charge in [-0.25, -0.2) is 10.6 Å². The van der Waals surface area contributed by atoms with Crippen LogP contribution in [0.3, 0.4) is 0 Å². The Bertz CT molecular complexity index is 403. The Morgan fingerprint density at radius 2 is 2.13 bits per heavy atom. The molecule has 0 unspecified atom stereocenters. The minimum Gasteiger partial charge on any atom is -0.296 e. The highest BCUT2D eigenvalue weighted by Gasteiger charge is 2.05. The first-order valence-corrected chi connectivity index (χ1v) is 4.96. The number of nitrogens with two attached hydrogens (primary N) is 1. The maximum absolute atomic E-state index is 11.5. The molecule has 0 aliphatic rings. The van der Waals surface area contributed by atoms with Crippen molar-refractivity contribution in [2.75, 3.05) is 11.6 Å². The van der Waals surface area contributed by atoms with Crippen LogP contribution in [0.2, 0.25) is 0 Å². The molecule has 0 saturated carbocycles. The van der Waals surface area contributed by atoms with Crippen molar-refractivity contribution in [1.29, 1.82) is 0 Å². The normalized spacial score (nSPS) is 10.3. The predicted octanol–water partition coefficient (Wildman–Crippen LogP) is -0.353. The van der Waals surface area contributed by atoms with Crippen LogP contribution in [0.15, 0.2) is 15.7 Å². The Labute approximate surface area is 87.3 Å². The van der Waals surface area contributed by atoms with E-state index in [2.05, 4.69) is 4.98 Å². The van der Waals surface area contributed by atoms with Crippen molar-refractivity contribution in [1.82, 2.24) is 9.55 Å². The van der Waals surface area contributed by atoms with Gasteiger partial charge in [-0.2, -0.15) is 0 Å². The fourth-order valence-electron chi connectivity index (χ4n) is 1.27. The van der Waals surface area contributed by atoms with Crippen LogP contribution in [-0.2, 0) is 6.54 Å². The predicted molar refractivity (Wildman–Crippen MR) is 58.8 cm³/mol. The van der Waals surface area contributed by atoms with Gasteiger partial charge in [0.1, 0.15) is 5.82 Å². The van der Waals surface area contributed by atoms with Crippen LogP contribution in [0.4, 0.5) is 5.82 Å². The van der Waals surface area contributed by atoms with Crippen molar-refractivity contribution in [3.8, 4) is 0 Å². The molecular formula is C9H16N4O2. The molecule has 6 nitrogen and oxygen atoms in total. The largest absolute Gasteiger partial charge is 0.329 e. The second-order valence-electron chi connectivity index (χ2n) is 3.24. The standard InChI is InChI=1S/C9H16N4O2/c1-3-5-12-8(14)6-7(11-9(12)15)13(10)4-2/h6H,3-5,10H2,1-2H3,(H,11,15). The first-order valence-electron chi connectivity index (χ1n) is 4.96. The van der Waals surface area contributed by atoms with Crippen molar-refractivity contribution >= 4 is 5.82 Å². The summed E-state index contributed by atoms with van der Waals surface area (Å²) in [6.07, 6.45) is 0.739. The summed E-state index contributed by atoms with van der Waals surface area (Å²) in [4.78, 5) is 25.6. The smallest absolute Gasteiger partial charge is 0.296 e. The summed E-state index contributed by atoms with van der Waals surface area (Å²) in [6.45, 7) is 4.68. The lowest BCUT2D eigenvalue weighted by atomic mass is 10.4. The van der Waals surface area contributed by atoms with Gasteiger partial charge in [-0.1, -0.05) is 6.92 Å². The number of hydrazine groups is 1. The van der Waals surface area contributed by atoms with Crippen LogP contribution in [0.5, 0.6) is 0 Å². The van der Waals surface area contributed by atoms with Gasteiger partial charge in [0.25, 0.3) is 5.56 Å². The van der Waals surface area contributed by atoms with Gasteiger partial charge in [0.05, 0.1) is 0 Å². The van der Waals surface area contributed by atoms with E-state index in [0.29, 0.717) is 18.9 Å². The molecule has 0 atom stereocenters. The number of hydrogen-bond donors (Lipinski definition) is 2. The van der Waals surface area contributed by atoms with Gasteiger partial charge in [0.15, 0.2) is 0 Å². The Hall–Kier alpha value is -1.56. The second-order valence-corrected chi connectivity index (χ2v) is 3.24. The van der Waals surface area contributed by atoms with Gasteiger partial charge in [-0.15, -0.1) is 0 Å². The van der Waals surface area contributed by atoms with E-state index in [-0.39, 0.29) is 5.56 Å². The Kier molecular flexibility index (Phi) is 3.68. The maximum atomic E-state index is 11.5. The molecule has 0 aliphatic heterocycles. The van der Waals surface area contributed by atoms with Crippen LogP contribution in [-0.4, -0.2) is 16.1 Å². The highest BCUT2D eigenvalue weighted by Crippen LogP contribution is 1.98. The molecule has 1 aromatic rings. The number of nitrogens with zero attached hydrogens (tertiary/aromatic N) is 2. The molecule has 0 saturated heterocycles. The molecule has 3 N–H and O–H groups in total. The molecule has 0 bridgehead atoms. The molecule has 0 spiro atoms. The topological polar surface area (TPSA) is 84.1 Å². The van der Waals surface area contributed by atoms with Crippen LogP contribution in [0.1, 0.15) is 20.3 Å². The fourth-order valence-corrected chi connectivity index (χ4v) is 1.27. The van der Waals surface area contributed by atoms with E-state index in [1.165, 1.54) is 11.1 Å². The molecule has 1 aromatic heterocycles. The van der Waals surface area contributed by atoms with Crippen LogP contribution in [0.25, 0.3) is 0 Å². The highest BCUT2D eigenvalue weighted by atomic mass is 16.2. The fraction of sp³-hybridized carbons (Fsp3) is 0.556. The number of anilines is 1. The summed E-state index contributed by atoms with van der Waals surface area (Å²) in [6, 6.07) is 1.33. The molecule has 0 aromatic carbocycles. The average Bonchev–Trinajstić information content (AvgIpc) is 2.22. The van der Waals surface area contributed by atoms with Crippen molar-refractivity contribution in [3.05, 3.63) is 26.9 Å². The van der Waals surface area contributed by atoms with Gasteiger partial charge >= 0.3 is 5.69 Å². The molecule has 0 amide bonds. The molecular weight excluding hydrogens is 196 g/mol. The Balaban J connectivity index is 3.20. The van der Waals surface area contributed by atoms with Crippen LogP contribution >= 0.6 is 0 Å². The number of hydrogen-bond acceptors (Lipinski definition) is 4. The zero-order valence-electron chi connectivity index (χ0n) is 8.99. The molecule has 0 aliphatic carbocycles. The van der Waals surface area contributed by atoms with Crippen molar-refractivity contribution in [2.24, 2.45) is 5.84 Å². The number of H-pyrrole nitrogens is 1. The van der Waals surface area contributed by atoms with Gasteiger partial charge < -0.3 is 0 Å². The summed E-state index contributed by atoms with van der Waals surface area (Å²) in [5.74, 6) is 5.92. The van der Waals surface area contributed by atoms with E-state index in [1.54, 1.807) is 0 Å². The molecule has 0 fully saturated rings. The molecule has 1 rings (SSSR count). The SMILES string of the molecule is CCCn1c(=O)cc(N(N)CC)[nH]c1=O. The maximum Gasteiger partial charge on any atom is 0.329 e. The molecule has 15 heavy (non-hydrogen) atoms. The van der Waals surface area contributed by atoms with E-state index < -0.39 is 5.69 Å². The summed E-state index contributed by atoms with van der Waals surface area (Å²) in [5.41, 5.74) is -0.734. The van der Waals surface area contributed by atoms with Crippen molar-refractivity contribution in [3.63, 3.8) is 0 Å². The lowest BCUT2D eigenvalue weighted by Crippen LogP contribution is -2.39. The number of aromatic amines is 1. The molecule has 84 valence electrons. The van der Waals surface area contributed by atoms with Crippen molar-refractivity contribution in [2.45, 2.75) is 26.8 Å². The third kappa shape index (κ3) is 2.47. The van der Waals surface area contributed by atoms with E-state index in [4.69, 9.17) is 5.84 Å². The number of aromatic nitrogens is 2. The summed E-state index contributed by atoms with van der Waals surface area (Å²) in [7, 11) is 0. The Morgan fingerprint density at radius 1 is 1.47 bits per heavy atom. The zero-order valence-corrected chi connectivity index (χ0v) is 8.99. The Morgan fingerprint density at radius 3 is 2.60 bits per heavy atom. The quantitative estimate of drug-likeness (QED) is 0.527. The van der Waals surface area contributed by atoms with Gasteiger partial charge in [0.2, 0.25) is 0 Å². The minimum atomic E-state index is -0.414. The third-order valence-electron chi connectivity index (χ3n) is 2.10. The average molecular weight is 212 g/mol. The first-order chi connectivity index (χ1) is 7.10. The summed E-state index contributed by atoms with van der Waals surface area (Å²) >= 11 is 0. The van der Waals surface area contributed by atoms with Gasteiger partial charge in [0, 0.05) is 19.2 Å². The van der Waals surface area contributed by atoms with E-state index in [9.17, 15) is 9.59 Å². The molecule has 0 radical (unpaired) electrons. The van der Waals surface area contributed by atoms with E-state index in [1.807, 2.05) is 13.8 Å².